The van der Waals surface area contributed by atoms with Gasteiger partial charge in [-0.3, -0.25) is 0 Å². The van der Waals surface area contributed by atoms with Crippen LogP contribution in [0.15, 0.2) is 36.4 Å². The molecule has 0 saturated carbocycles. The Labute approximate surface area is 102 Å². The molecule has 0 bridgehead atoms. The first-order valence-corrected chi connectivity index (χ1v) is 6.01. The second-order valence-electron chi connectivity index (χ2n) is 4.56. The summed E-state index contributed by atoms with van der Waals surface area (Å²) in [6, 6.07) is 13.0. The van der Waals surface area contributed by atoms with E-state index in [1.165, 1.54) is 16.3 Å². The lowest BCUT2D eigenvalue weighted by Crippen LogP contribution is -2.15. The number of fused-ring (bicyclic) bond motifs is 1. The molecule has 17 heavy (non-hydrogen) atoms. The van der Waals surface area contributed by atoms with Crippen molar-refractivity contribution in [1.29, 1.82) is 0 Å². The summed E-state index contributed by atoms with van der Waals surface area (Å²) >= 11 is 0. The Bertz CT molecular complexity index is 505. The Hall–Kier alpha value is -1.54. The molecule has 2 rings (SSSR count). The van der Waals surface area contributed by atoms with Crippen molar-refractivity contribution in [2.24, 2.45) is 5.73 Å². The third-order valence-electron chi connectivity index (χ3n) is 3.00. The highest BCUT2D eigenvalue weighted by atomic mass is 16.5. The van der Waals surface area contributed by atoms with Crippen LogP contribution in [0.4, 0.5) is 0 Å². The summed E-state index contributed by atoms with van der Waals surface area (Å²) < 4.78 is 5.21. The zero-order valence-electron chi connectivity index (χ0n) is 10.4. The Morgan fingerprint density at radius 3 is 2.53 bits per heavy atom. The molecule has 2 heteroatoms. The van der Waals surface area contributed by atoms with Crippen molar-refractivity contribution < 1.29 is 4.74 Å². The van der Waals surface area contributed by atoms with Crippen molar-refractivity contribution >= 4 is 10.8 Å². The van der Waals surface area contributed by atoms with Gasteiger partial charge in [0.05, 0.1) is 7.11 Å². The first kappa shape index (κ1) is 11.9. The summed E-state index contributed by atoms with van der Waals surface area (Å²) in [5.41, 5.74) is 7.12. The van der Waals surface area contributed by atoms with Crippen molar-refractivity contribution in [2.45, 2.75) is 25.8 Å². The molecule has 0 aliphatic rings. The summed E-state index contributed by atoms with van der Waals surface area (Å²) in [5, 5.41) is 2.47. The second kappa shape index (κ2) is 5.19. The molecule has 0 spiro atoms. The lowest BCUT2D eigenvalue weighted by atomic mass is 10.0. The molecule has 2 aromatic rings. The van der Waals surface area contributed by atoms with Gasteiger partial charge in [0.25, 0.3) is 0 Å². The Morgan fingerprint density at radius 2 is 1.82 bits per heavy atom. The van der Waals surface area contributed by atoms with Crippen LogP contribution >= 0.6 is 0 Å². The van der Waals surface area contributed by atoms with Gasteiger partial charge in [0, 0.05) is 6.04 Å². The van der Waals surface area contributed by atoms with Gasteiger partial charge in [-0.15, -0.1) is 0 Å². The van der Waals surface area contributed by atoms with Crippen molar-refractivity contribution in [2.75, 3.05) is 7.11 Å². The van der Waals surface area contributed by atoms with E-state index in [1.807, 2.05) is 13.0 Å². The van der Waals surface area contributed by atoms with Crippen LogP contribution in [0.2, 0.25) is 0 Å². The van der Waals surface area contributed by atoms with Gasteiger partial charge in [-0.2, -0.15) is 0 Å². The third kappa shape index (κ3) is 2.98. The molecule has 2 N–H and O–H groups in total. The van der Waals surface area contributed by atoms with Crippen LogP contribution in [0.3, 0.4) is 0 Å². The Balaban J connectivity index is 2.25. The first-order valence-electron chi connectivity index (χ1n) is 6.01. The minimum atomic E-state index is 0.265. The molecule has 0 aliphatic heterocycles. The standard InChI is InChI=1S/C15H19NO/c1-11(16)3-4-12-5-6-14-10-15(17-2)8-7-13(14)9-12/h5-11H,3-4,16H2,1-2H3/t11-/m1/s1. The van der Waals surface area contributed by atoms with Gasteiger partial charge in [0.2, 0.25) is 0 Å². The van der Waals surface area contributed by atoms with Crippen LogP contribution in [0.1, 0.15) is 18.9 Å². The minimum absolute atomic E-state index is 0.265. The highest BCUT2D eigenvalue weighted by Crippen LogP contribution is 2.22. The van der Waals surface area contributed by atoms with Gasteiger partial charge in [-0.1, -0.05) is 24.3 Å². The summed E-state index contributed by atoms with van der Waals surface area (Å²) in [5.74, 6) is 0.904. The third-order valence-corrected chi connectivity index (χ3v) is 3.00. The lowest BCUT2D eigenvalue weighted by Gasteiger charge is -2.07. The van der Waals surface area contributed by atoms with Crippen molar-refractivity contribution in [1.82, 2.24) is 0 Å². The number of rotatable bonds is 4. The molecule has 0 aliphatic carbocycles. The predicted molar refractivity (Wildman–Crippen MR) is 72.5 cm³/mol. The SMILES string of the molecule is COc1ccc2cc(CC[C@@H](C)N)ccc2c1. The molecule has 0 saturated heterocycles. The number of hydrogen-bond acceptors (Lipinski definition) is 2. The first-order chi connectivity index (χ1) is 8.19. The fraction of sp³-hybridized carbons (Fsp3) is 0.333. The number of methoxy groups -OCH3 is 1. The van der Waals surface area contributed by atoms with E-state index in [2.05, 4.69) is 30.3 Å². The van der Waals surface area contributed by atoms with Gasteiger partial charge < -0.3 is 10.5 Å². The second-order valence-corrected chi connectivity index (χ2v) is 4.56. The van der Waals surface area contributed by atoms with Crippen molar-refractivity contribution in [3.63, 3.8) is 0 Å². The maximum absolute atomic E-state index is 5.77. The monoisotopic (exact) mass is 229 g/mol. The normalized spacial score (nSPS) is 12.6. The van der Waals surface area contributed by atoms with Crippen molar-refractivity contribution in [3.05, 3.63) is 42.0 Å². The van der Waals surface area contributed by atoms with E-state index < -0.39 is 0 Å². The molecule has 0 unspecified atom stereocenters. The summed E-state index contributed by atoms with van der Waals surface area (Å²) in [7, 11) is 1.69. The average molecular weight is 229 g/mol. The van der Waals surface area contributed by atoms with E-state index in [1.54, 1.807) is 7.11 Å². The van der Waals surface area contributed by atoms with Crippen molar-refractivity contribution in [3.8, 4) is 5.75 Å². The minimum Gasteiger partial charge on any atom is -0.497 e. The van der Waals surface area contributed by atoms with Gasteiger partial charge in [-0.05, 0) is 48.2 Å². The summed E-state index contributed by atoms with van der Waals surface area (Å²) in [6.45, 7) is 2.05. The van der Waals surface area contributed by atoms with E-state index in [-0.39, 0.29) is 6.04 Å². The number of nitrogens with two attached hydrogens (primary N) is 1. The lowest BCUT2D eigenvalue weighted by molar-refractivity contribution is 0.415. The molecular weight excluding hydrogens is 210 g/mol. The Morgan fingerprint density at radius 1 is 1.12 bits per heavy atom. The molecule has 0 heterocycles. The highest BCUT2D eigenvalue weighted by Gasteiger charge is 2.00. The largest absolute Gasteiger partial charge is 0.497 e. The maximum atomic E-state index is 5.77. The van der Waals surface area contributed by atoms with Crippen LogP contribution < -0.4 is 10.5 Å². The number of benzene rings is 2. The Kier molecular flexibility index (Phi) is 3.64. The molecule has 2 aromatic carbocycles. The maximum Gasteiger partial charge on any atom is 0.119 e. The van der Waals surface area contributed by atoms with Gasteiger partial charge in [0.15, 0.2) is 0 Å². The average Bonchev–Trinajstić information content (AvgIpc) is 2.35. The molecule has 1 atom stereocenters. The topological polar surface area (TPSA) is 35.2 Å². The van der Waals surface area contributed by atoms with Crippen LogP contribution in [-0.4, -0.2) is 13.2 Å². The quantitative estimate of drug-likeness (QED) is 0.874. The zero-order valence-corrected chi connectivity index (χ0v) is 10.4. The van der Waals surface area contributed by atoms with E-state index in [0.29, 0.717) is 0 Å². The number of hydrogen-bond donors (Lipinski definition) is 1. The molecule has 90 valence electrons. The van der Waals surface area contributed by atoms with Gasteiger partial charge >= 0.3 is 0 Å². The smallest absolute Gasteiger partial charge is 0.119 e. The molecule has 0 radical (unpaired) electrons. The molecule has 0 amide bonds. The number of aryl methyl sites for hydroxylation is 1. The van der Waals surface area contributed by atoms with Gasteiger partial charge in [0.1, 0.15) is 5.75 Å². The van der Waals surface area contributed by atoms with Gasteiger partial charge in [-0.25, -0.2) is 0 Å². The van der Waals surface area contributed by atoms with E-state index in [0.717, 1.165) is 18.6 Å². The fourth-order valence-electron chi connectivity index (χ4n) is 1.95. The van der Waals surface area contributed by atoms with Crippen LogP contribution in [0.25, 0.3) is 10.8 Å². The fourth-order valence-corrected chi connectivity index (χ4v) is 1.95. The van der Waals surface area contributed by atoms with E-state index in [9.17, 15) is 0 Å². The van der Waals surface area contributed by atoms with Crippen LogP contribution in [0, 0.1) is 0 Å². The summed E-state index contributed by atoms with van der Waals surface area (Å²) in [4.78, 5) is 0. The molecule has 0 fully saturated rings. The highest BCUT2D eigenvalue weighted by molar-refractivity contribution is 5.84. The molecule has 0 aromatic heterocycles. The summed E-state index contributed by atoms with van der Waals surface area (Å²) in [6.07, 6.45) is 2.07. The predicted octanol–water partition coefficient (Wildman–Crippen LogP) is 3.13. The number of ether oxygens (including phenoxy) is 1. The van der Waals surface area contributed by atoms with Crippen LogP contribution in [-0.2, 0) is 6.42 Å². The molecule has 2 nitrogen and oxygen atoms in total. The zero-order chi connectivity index (χ0) is 12.3. The molecular formula is C15H19NO. The van der Waals surface area contributed by atoms with E-state index >= 15 is 0 Å². The van der Waals surface area contributed by atoms with Crippen LogP contribution in [0.5, 0.6) is 5.75 Å². The van der Waals surface area contributed by atoms with E-state index in [4.69, 9.17) is 10.5 Å².